The van der Waals surface area contributed by atoms with Crippen molar-refractivity contribution in [2.45, 2.75) is 0 Å². The van der Waals surface area contributed by atoms with E-state index >= 15 is 0 Å². The van der Waals surface area contributed by atoms with E-state index in [1.54, 1.807) is 24.3 Å². The molecule has 2 N–H and O–H groups in total. The van der Waals surface area contributed by atoms with Crippen molar-refractivity contribution >= 4 is 24.2 Å². The van der Waals surface area contributed by atoms with Crippen molar-refractivity contribution in [2.75, 3.05) is 13.2 Å². The predicted octanol–water partition coefficient (Wildman–Crippen LogP) is 0.0364. The van der Waals surface area contributed by atoms with Gasteiger partial charge in [-0.2, -0.15) is 0 Å². The molecule has 0 spiro atoms. The van der Waals surface area contributed by atoms with Crippen molar-refractivity contribution in [3.05, 3.63) is 29.3 Å². The summed E-state index contributed by atoms with van der Waals surface area (Å²) >= 11 is 5.71. The summed E-state index contributed by atoms with van der Waals surface area (Å²) in [5.74, 6) is 0. The SMILES string of the molecule is OCCOB(O)c1cccc(Cl)c1. The molecule has 1 rings (SSSR count). The summed E-state index contributed by atoms with van der Waals surface area (Å²) in [6.07, 6.45) is 0. The van der Waals surface area contributed by atoms with E-state index in [9.17, 15) is 5.02 Å². The summed E-state index contributed by atoms with van der Waals surface area (Å²) in [5.41, 5.74) is 0.584. The first-order valence-corrected chi connectivity index (χ1v) is 4.28. The van der Waals surface area contributed by atoms with Crippen molar-refractivity contribution < 1.29 is 14.8 Å². The zero-order valence-corrected chi connectivity index (χ0v) is 7.74. The van der Waals surface area contributed by atoms with Crippen molar-refractivity contribution in [1.82, 2.24) is 0 Å². The Morgan fingerprint density at radius 3 is 2.85 bits per heavy atom. The topological polar surface area (TPSA) is 49.7 Å². The second-order valence-electron chi connectivity index (χ2n) is 2.50. The number of aliphatic hydroxyl groups excluding tert-OH is 1. The van der Waals surface area contributed by atoms with Gasteiger partial charge in [0.1, 0.15) is 0 Å². The predicted molar refractivity (Wildman–Crippen MR) is 52.1 cm³/mol. The molecule has 0 saturated carbocycles. The summed E-state index contributed by atoms with van der Waals surface area (Å²) in [4.78, 5) is 0. The van der Waals surface area contributed by atoms with Crippen LogP contribution < -0.4 is 5.46 Å². The molecular weight excluding hydrogens is 190 g/mol. The van der Waals surface area contributed by atoms with Crippen LogP contribution in [-0.4, -0.2) is 30.5 Å². The fraction of sp³-hybridized carbons (Fsp3) is 0.250. The zero-order chi connectivity index (χ0) is 9.68. The lowest BCUT2D eigenvalue weighted by atomic mass is 9.80. The van der Waals surface area contributed by atoms with Crippen molar-refractivity contribution in [3.63, 3.8) is 0 Å². The van der Waals surface area contributed by atoms with Gasteiger partial charge in [0.05, 0.1) is 13.2 Å². The molecule has 5 heteroatoms. The van der Waals surface area contributed by atoms with Gasteiger partial charge in [0.15, 0.2) is 0 Å². The highest BCUT2D eigenvalue weighted by molar-refractivity contribution is 6.60. The van der Waals surface area contributed by atoms with Gasteiger partial charge in [-0.1, -0.05) is 23.7 Å². The second-order valence-corrected chi connectivity index (χ2v) is 2.94. The molecule has 1 aromatic rings. The van der Waals surface area contributed by atoms with Crippen LogP contribution in [-0.2, 0) is 4.65 Å². The molecule has 0 fully saturated rings. The third-order valence-corrected chi connectivity index (χ3v) is 1.74. The van der Waals surface area contributed by atoms with E-state index in [4.69, 9.17) is 21.4 Å². The van der Waals surface area contributed by atoms with Crippen molar-refractivity contribution in [3.8, 4) is 0 Å². The lowest BCUT2D eigenvalue weighted by molar-refractivity contribution is 0.183. The molecule has 0 heterocycles. The Morgan fingerprint density at radius 2 is 2.23 bits per heavy atom. The zero-order valence-electron chi connectivity index (χ0n) is 6.98. The van der Waals surface area contributed by atoms with E-state index in [0.29, 0.717) is 10.5 Å². The number of halogens is 1. The van der Waals surface area contributed by atoms with Crippen LogP contribution in [0.4, 0.5) is 0 Å². The molecule has 13 heavy (non-hydrogen) atoms. The Bertz CT molecular complexity index is 269. The Morgan fingerprint density at radius 1 is 1.46 bits per heavy atom. The minimum Gasteiger partial charge on any atom is -0.423 e. The van der Waals surface area contributed by atoms with Gasteiger partial charge in [0, 0.05) is 5.02 Å². The van der Waals surface area contributed by atoms with Crippen molar-refractivity contribution in [2.24, 2.45) is 0 Å². The van der Waals surface area contributed by atoms with E-state index in [1.165, 1.54) is 0 Å². The van der Waals surface area contributed by atoms with Crippen LogP contribution in [0.3, 0.4) is 0 Å². The quantitative estimate of drug-likeness (QED) is 0.675. The first-order chi connectivity index (χ1) is 6.24. The molecule has 0 amide bonds. The summed E-state index contributed by atoms with van der Waals surface area (Å²) in [5, 5.41) is 18.4. The highest BCUT2D eigenvalue weighted by Crippen LogP contribution is 2.04. The third kappa shape index (κ3) is 3.36. The second kappa shape index (κ2) is 5.24. The molecule has 0 saturated heterocycles. The molecular formula is C8H10BClO3. The average molecular weight is 200 g/mol. The fourth-order valence-electron chi connectivity index (χ4n) is 0.921. The van der Waals surface area contributed by atoms with Gasteiger partial charge in [-0.25, -0.2) is 0 Å². The highest BCUT2D eigenvalue weighted by Gasteiger charge is 2.15. The third-order valence-electron chi connectivity index (χ3n) is 1.50. The summed E-state index contributed by atoms with van der Waals surface area (Å²) in [6, 6.07) is 6.75. The molecule has 0 radical (unpaired) electrons. The van der Waals surface area contributed by atoms with Crippen LogP contribution in [0.1, 0.15) is 0 Å². The van der Waals surface area contributed by atoms with E-state index in [2.05, 4.69) is 0 Å². The van der Waals surface area contributed by atoms with Gasteiger partial charge in [-0.3, -0.25) is 0 Å². The van der Waals surface area contributed by atoms with Crippen molar-refractivity contribution in [1.29, 1.82) is 0 Å². The standard InChI is InChI=1S/C8H10BClO3/c10-8-3-1-2-7(6-8)9(12)13-5-4-11/h1-3,6,11-12H,4-5H2. The smallest absolute Gasteiger partial charge is 0.423 e. The minimum absolute atomic E-state index is 0.105. The maximum absolute atomic E-state index is 9.38. The van der Waals surface area contributed by atoms with Crippen LogP contribution in [0.2, 0.25) is 5.02 Å². The molecule has 1 aromatic carbocycles. The first kappa shape index (κ1) is 10.5. The highest BCUT2D eigenvalue weighted by atomic mass is 35.5. The number of rotatable bonds is 4. The normalized spacial score (nSPS) is 10.1. The molecule has 0 unspecified atom stereocenters. The molecule has 70 valence electrons. The van der Waals surface area contributed by atoms with Gasteiger partial charge in [0.25, 0.3) is 0 Å². The summed E-state index contributed by atoms with van der Waals surface area (Å²) < 4.78 is 4.88. The van der Waals surface area contributed by atoms with Crippen LogP contribution >= 0.6 is 11.6 Å². The van der Waals surface area contributed by atoms with E-state index < -0.39 is 7.12 Å². The first-order valence-electron chi connectivity index (χ1n) is 3.90. The molecule has 0 aromatic heterocycles. The van der Waals surface area contributed by atoms with Gasteiger partial charge in [-0.15, -0.1) is 0 Å². The Labute approximate surface area is 82.1 Å². The van der Waals surface area contributed by atoms with E-state index in [1.807, 2.05) is 0 Å². The molecule has 0 aliphatic carbocycles. The van der Waals surface area contributed by atoms with Crippen LogP contribution in [0.5, 0.6) is 0 Å². The number of hydrogen-bond donors (Lipinski definition) is 2. The lowest BCUT2D eigenvalue weighted by Crippen LogP contribution is -2.34. The summed E-state index contributed by atoms with van der Waals surface area (Å²) in [6.45, 7) is -0.00863. The van der Waals surface area contributed by atoms with Gasteiger partial charge in [-0.05, 0) is 17.6 Å². The van der Waals surface area contributed by atoms with Crippen LogP contribution in [0.15, 0.2) is 24.3 Å². The van der Waals surface area contributed by atoms with Gasteiger partial charge >= 0.3 is 7.12 Å². The maximum Gasteiger partial charge on any atom is 0.491 e. The Balaban J connectivity index is 2.60. The monoisotopic (exact) mass is 200 g/mol. The fourth-order valence-corrected chi connectivity index (χ4v) is 1.12. The molecule has 0 aliphatic rings. The average Bonchev–Trinajstić information content (AvgIpc) is 2.14. The Kier molecular flexibility index (Phi) is 4.25. The molecule has 3 nitrogen and oxygen atoms in total. The number of benzene rings is 1. The van der Waals surface area contributed by atoms with Gasteiger partial charge in [0.2, 0.25) is 0 Å². The van der Waals surface area contributed by atoms with E-state index in [0.717, 1.165) is 0 Å². The summed E-state index contributed by atoms with van der Waals surface area (Å²) in [7, 11) is -1.02. The maximum atomic E-state index is 9.38. The largest absolute Gasteiger partial charge is 0.491 e. The minimum atomic E-state index is -1.02. The van der Waals surface area contributed by atoms with Crippen LogP contribution in [0, 0.1) is 0 Å². The van der Waals surface area contributed by atoms with E-state index in [-0.39, 0.29) is 13.2 Å². The lowest BCUT2D eigenvalue weighted by Gasteiger charge is -2.06. The van der Waals surface area contributed by atoms with Gasteiger partial charge < -0.3 is 14.8 Å². The molecule has 0 atom stereocenters. The molecule has 0 bridgehead atoms. The molecule has 0 aliphatic heterocycles. The number of hydrogen-bond acceptors (Lipinski definition) is 3. The Hall–Kier alpha value is -0.545. The van der Waals surface area contributed by atoms with Crippen LogP contribution in [0.25, 0.3) is 0 Å². The number of aliphatic hydroxyl groups is 1.